The van der Waals surface area contributed by atoms with E-state index in [0.29, 0.717) is 6.54 Å². The van der Waals surface area contributed by atoms with Crippen LogP contribution in [0.2, 0.25) is 0 Å². The molecule has 0 amide bonds. The third-order valence-corrected chi connectivity index (χ3v) is 1.54. The first-order valence-corrected chi connectivity index (χ1v) is 3.89. The maximum Gasteiger partial charge on any atom is 0.0656 e. The number of aliphatic hydroxyl groups is 1. The van der Waals surface area contributed by atoms with Crippen LogP contribution >= 0.6 is 0 Å². The van der Waals surface area contributed by atoms with Gasteiger partial charge in [0.1, 0.15) is 0 Å². The standard InChI is InChI=1S/C10H13NO/c1-9(8-12)7-11-10-5-3-2-4-6-10/h2-6,11-12H,1,7-8H2. The van der Waals surface area contributed by atoms with E-state index in [4.69, 9.17) is 5.11 Å². The number of hydrogen-bond acceptors (Lipinski definition) is 2. The van der Waals surface area contributed by atoms with Gasteiger partial charge in [-0.05, 0) is 17.7 Å². The Morgan fingerprint density at radius 1 is 1.33 bits per heavy atom. The van der Waals surface area contributed by atoms with E-state index in [-0.39, 0.29) is 6.61 Å². The molecule has 0 bridgehead atoms. The zero-order chi connectivity index (χ0) is 8.81. The Morgan fingerprint density at radius 2 is 2.00 bits per heavy atom. The molecule has 12 heavy (non-hydrogen) atoms. The second kappa shape index (κ2) is 4.57. The summed E-state index contributed by atoms with van der Waals surface area (Å²) in [4.78, 5) is 0. The molecule has 0 aliphatic heterocycles. The third-order valence-electron chi connectivity index (χ3n) is 1.54. The lowest BCUT2D eigenvalue weighted by atomic mass is 10.3. The van der Waals surface area contributed by atoms with Crippen LogP contribution in [0.3, 0.4) is 0 Å². The van der Waals surface area contributed by atoms with E-state index in [2.05, 4.69) is 11.9 Å². The third kappa shape index (κ3) is 2.76. The second-order valence-electron chi connectivity index (χ2n) is 2.63. The maximum absolute atomic E-state index is 8.67. The van der Waals surface area contributed by atoms with Crippen molar-refractivity contribution in [3.8, 4) is 0 Å². The number of para-hydroxylation sites is 1. The van der Waals surface area contributed by atoms with E-state index in [1.807, 2.05) is 30.3 Å². The van der Waals surface area contributed by atoms with E-state index in [1.165, 1.54) is 0 Å². The highest BCUT2D eigenvalue weighted by molar-refractivity contribution is 5.43. The Labute approximate surface area is 72.5 Å². The summed E-state index contributed by atoms with van der Waals surface area (Å²) in [5, 5.41) is 11.8. The minimum Gasteiger partial charge on any atom is -0.392 e. The van der Waals surface area contributed by atoms with E-state index < -0.39 is 0 Å². The highest BCUT2D eigenvalue weighted by atomic mass is 16.3. The van der Waals surface area contributed by atoms with Gasteiger partial charge in [-0.2, -0.15) is 0 Å². The largest absolute Gasteiger partial charge is 0.392 e. The Morgan fingerprint density at radius 3 is 2.58 bits per heavy atom. The minimum absolute atomic E-state index is 0.0415. The molecule has 2 heteroatoms. The molecule has 0 spiro atoms. The predicted molar refractivity (Wildman–Crippen MR) is 51.2 cm³/mol. The van der Waals surface area contributed by atoms with Gasteiger partial charge < -0.3 is 10.4 Å². The normalized spacial score (nSPS) is 9.42. The maximum atomic E-state index is 8.67. The number of nitrogens with one attached hydrogen (secondary N) is 1. The van der Waals surface area contributed by atoms with Gasteiger partial charge in [-0.1, -0.05) is 24.8 Å². The Bertz CT molecular complexity index is 243. The van der Waals surface area contributed by atoms with Gasteiger partial charge in [0.15, 0.2) is 0 Å². The second-order valence-corrected chi connectivity index (χ2v) is 2.63. The molecule has 2 N–H and O–H groups in total. The number of benzene rings is 1. The van der Waals surface area contributed by atoms with Crippen molar-refractivity contribution in [1.82, 2.24) is 0 Å². The molecule has 0 saturated carbocycles. The lowest BCUT2D eigenvalue weighted by Gasteiger charge is -2.05. The van der Waals surface area contributed by atoms with Crippen molar-refractivity contribution in [3.63, 3.8) is 0 Å². The number of aliphatic hydroxyl groups excluding tert-OH is 1. The fourth-order valence-electron chi connectivity index (χ4n) is 0.839. The lowest BCUT2D eigenvalue weighted by molar-refractivity contribution is 0.331. The Kier molecular flexibility index (Phi) is 3.35. The van der Waals surface area contributed by atoms with Gasteiger partial charge in [-0.15, -0.1) is 0 Å². The first-order chi connectivity index (χ1) is 5.83. The molecule has 64 valence electrons. The number of hydrogen-bond donors (Lipinski definition) is 2. The fourth-order valence-corrected chi connectivity index (χ4v) is 0.839. The van der Waals surface area contributed by atoms with E-state index in [9.17, 15) is 0 Å². The van der Waals surface area contributed by atoms with Gasteiger partial charge >= 0.3 is 0 Å². The molecule has 0 fully saturated rings. The van der Waals surface area contributed by atoms with Gasteiger partial charge in [0.25, 0.3) is 0 Å². The molecule has 1 aromatic rings. The summed E-state index contributed by atoms with van der Waals surface area (Å²) in [6.07, 6.45) is 0. The van der Waals surface area contributed by atoms with Crippen LogP contribution in [0.25, 0.3) is 0 Å². The fraction of sp³-hybridized carbons (Fsp3) is 0.200. The summed E-state index contributed by atoms with van der Waals surface area (Å²) in [6, 6.07) is 9.84. The van der Waals surface area contributed by atoms with Crippen LogP contribution in [0.15, 0.2) is 42.5 Å². The van der Waals surface area contributed by atoms with Crippen molar-refractivity contribution in [1.29, 1.82) is 0 Å². The highest BCUT2D eigenvalue weighted by Gasteiger charge is 1.91. The lowest BCUT2D eigenvalue weighted by Crippen LogP contribution is -2.06. The van der Waals surface area contributed by atoms with Gasteiger partial charge in [-0.3, -0.25) is 0 Å². The molecular formula is C10H13NO. The molecular weight excluding hydrogens is 150 g/mol. The van der Waals surface area contributed by atoms with Gasteiger partial charge in [0.05, 0.1) is 6.61 Å². The molecule has 0 heterocycles. The van der Waals surface area contributed by atoms with Crippen molar-refractivity contribution < 1.29 is 5.11 Å². The Balaban J connectivity index is 2.38. The summed E-state index contributed by atoms with van der Waals surface area (Å²) in [7, 11) is 0. The van der Waals surface area contributed by atoms with Gasteiger partial charge in [0, 0.05) is 12.2 Å². The molecule has 0 radical (unpaired) electrons. The van der Waals surface area contributed by atoms with Crippen LogP contribution < -0.4 is 5.32 Å². The summed E-state index contributed by atoms with van der Waals surface area (Å²) < 4.78 is 0. The molecule has 0 aliphatic carbocycles. The SMILES string of the molecule is C=C(CO)CNc1ccccc1. The molecule has 1 aromatic carbocycles. The van der Waals surface area contributed by atoms with Gasteiger partial charge in [0.2, 0.25) is 0 Å². The topological polar surface area (TPSA) is 32.3 Å². The number of rotatable bonds is 4. The quantitative estimate of drug-likeness (QED) is 0.661. The average molecular weight is 163 g/mol. The van der Waals surface area contributed by atoms with Crippen LogP contribution in [-0.2, 0) is 0 Å². The smallest absolute Gasteiger partial charge is 0.0656 e. The molecule has 0 atom stereocenters. The van der Waals surface area contributed by atoms with E-state index in [0.717, 1.165) is 11.3 Å². The molecule has 0 unspecified atom stereocenters. The summed E-state index contributed by atoms with van der Waals surface area (Å²) in [6.45, 7) is 4.34. The van der Waals surface area contributed by atoms with Crippen LogP contribution in [0.1, 0.15) is 0 Å². The van der Waals surface area contributed by atoms with E-state index in [1.54, 1.807) is 0 Å². The van der Waals surface area contributed by atoms with Gasteiger partial charge in [-0.25, -0.2) is 0 Å². The molecule has 1 rings (SSSR count). The van der Waals surface area contributed by atoms with E-state index >= 15 is 0 Å². The van der Waals surface area contributed by atoms with Crippen molar-refractivity contribution in [2.75, 3.05) is 18.5 Å². The zero-order valence-electron chi connectivity index (χ0n) is 6.96. The monoisotopic (exact) mass is 163 g/mol. The molecule has 0 aliphatic rings. The number of anilines is 1. The van der Waals surface area contributed by atoms with Crippen molar-refractivity contribution in [2.24, 2.45) is 0 Å². The average Bonchev–Trinajstić information content (AvgIpc) is 2.16. The first-order valence-electron chi connectivity index (χ1n) is 3.89. The molecule has 0 aromatic heterocycles. The zero-order valence-corrected chi connectivity index (χ0v) is 6.96. The summed E-state index contributed by atoms with van der Waals surface area (Å²) >= 11 is 0. The van der Waals surface area contributed by atoms with Crippen molar-refractivity contribution >= 4 is 5.69 Å². The minimum atomic E-state index is 0.0415. The molecule has 2 nitrogen and oxygen atoms in total. The van der Waals surface area contributed by atoms with Crippen LogP contribution in [0, 0.1) is 0 Å². The van der Waals surface area contributed by atoms with Crippen molar-refractivity contribution in [2.45, 2.75) is 0 Å². The predicted octanol–water partition coefficient (Wildman–Crippen LogP) is 1.65. The first kappa shape index (κ1) is 8.81. The highest BCUT2D eigenvalue weighted by Crippen LogP contribution is 2.04. The van der Waals surface area contributed by atoms with Crippen LogP contribution in [0.5, 0.6) is 0 Å². The Hall–Kier alpha value is -1.28. The summed E-state index contributed by atoms with van der Waals surface area (Å²) in [5.41, 5.74) is 1.84. The van der Waals surface area contributed by atoms with Crippen LogP contribution in [-0.4, -0.2) is 18.3 Å². The van der Waals surface area contributed by atoms with Crippen LogP contribution in [0.4, 0.5) is 5.69 Å². The van der Waals surface area contributed by atoms with Crippen molar-refractivity contribution in [3.05, 3.63) is 42.5 Å². The molecule has 0 saturated heterocycles. The summed E-state index contributed by atoms with van der Waals surface area (Å²) in [5.74, 6) is 0.